The average Bonchev–Trinajstić information content (AvgIpc) is 3.00. The van der Waals surface area contributed by atoms with E-state index >= 15 is 0 Å². The summed E-state index contributed by atoms with van der Waals surface area (Å²) in [4.78, 5) is 0. The molecule has 0 aliphatic carbocycles. The monoisotopic (exact) mass is 635 g/mol. The Morgan fingerprint density at radius 1 is 0.378 bits per heavy atom. The maximum absolute atomic E-state index is 10.6. The second-order valence-corrected chi connectivity index (χ2v) is 15.1. The van der Waals surface area contributed by atoms with Gasteiger partial charge in [-0.15, -0.1) is 0 Å². The summed E-state index contributed by atoms with van der Waals surface area (Å²) < 4.78 is 0.709. The maximum atomic E-state index is 10.6. The predicted molar refractivity (Wildman–Crippen MR) is 202 cm³/mol. The minimum Gasteiger partial charge on any atom is -0.387 e. The molecule has 2 N–H and O–H groups in total. The first-order chi connectivity index (χ1) is 21.9. The molecule has 0 fully saturated rings. The van der Waals surface area contributed by atoms with Crippen molar-refractivity contribution in [3.63, 3.8) is 0 Å². The molecule has 2 atom stereocenters. The van der Waals surface area contributed by atoms with Crippen molar-refractivity contribution in [2.45, 2.75) is 219 Å². The van der Waals surface area contributed by atoms with Crippen LogP contribution in [0.3, 0.4) is 0 Å². The minimum absolute atomic E-state index is 0.255. The third kappa shape index (κ3) is 36.0. The molecule has 0 rings (SSSR count). The quantitative estimate of drug-likeness (QED) is 0.0409. The van der Waals surface area contributed by atoms with Gasteiger partial charge in [-0.2, -0.15) is 0 Å². The van der Waals surface area contributed by atoms with Gasteiger partial charge in [-0.1, -0.05) is 167 Å². The van der Waals surface area contributed by atoms with Gasteiger partial charge in [0, 0.05) is 0 Å². The summed E-state index contributed by atoms with van der Waals surface area (Å²) in [5, 5.41) is 21.3. The highest BCUT2D eigenvalue weighted by molar-refractivity contribution is 4.82. The van der Waals surface area contributed by atoms with Gasteiger partial charge in [-0.3, -0.25) is 0 Å². The van der Waals surface area contributed by atoms with Gasteiger partial charge in [-0.25, -0.2) is 0 Å². The van der Waals surface area contributed by atoms with Crippen LogP contribution in [0.5, 0.6) is 0 Å². The molecule has 0 aliphatic rings. The molecule has 0 saturated carbocycles. The number of aliphatic hydroxyl groups excluding tert-OH is 2. The van der Waals surface area contributed by atoms with Gasteiger partial charge in [0.2, 0.25) is 0 Å². The molecule has 3 heteroatoms. The highest BCUT2D eigenvalue weighted by atomic mass is 16.3. The van der Waals surface area contributed by atoms with Crippen LogP contribution in [0, 0.1) is 0 Å². The van der Waals surface area contributed by atoms with Crippen LogP contribution in [0.4, 0.5) is 0 Å². The van der Waals surface area contributed by atoms with Gasteiger partial charge in [0.25, 0.3) is 0 Å². The topological polar surface area (TPSA) is 40.5 Å². The average molecular weight is 635 g/mol. The summed E-state index contributed by atoms with van der Waals surface area (Å²) in [7, 11) is 4.33. The summed E-state index contributed by atoms with van der Waals surface area (Å²) in [5.41, 5.74) is 0. The molecule has 0 saturated heterocycles. The van der Waals surface area contributed by atoms with Crippen molar-refractivity contribution >= 4 is 0 Å². The van der Waals surface area contributed by atoms with Crippen molar-refractivity contribution in [1.82, 2.24) is 0 Å². The lowest BCUT2D eigenvalue weighted by Gasteiger charge is -2.33. The molecule has 0 aromatic heterocycles. The van der Waals surface area contributed by atoms with Crippen molar-refractivity contribution in [3.05, 3.63) is 24.3 Å². The first-order valence-electron chi connectivity index (χ1n) is 20.4. The van der Waals surface area contributed by atoms with E-state index in [1.54, 1.807) is 0 Å². The van der Waals surface area contributed by atoms with E-state index in [-0.39, 0.29) is 12.2 Å². The van der Waals surface area contributed by atoms with E-state index in [1.165, 1.54) is 167 Å². The molecule has 0 amide bonds. The Morgan fingerprint density at radius 3 is 0.911 bits per heavy atom. The first kappa shape index (κ1) is 44.4. The van der Waals surface area contributed by atoms with E-state index in [4.69, 9.17) is 0 Å². The largest absolute Gasteiger partial charge is 0.387 e. The lowest BCUT2D eigenvalue weighted by atomic mass is 10.0. The van der Waals surface area contributed by atoms with Gasteiger partial charge in [0.15, 0.2) is 0 Å². The second-order valence-electron chi connectivity index (χ2n) is 15.1. The smallest absolute Gasteiger partial charge is 0.105 e. The van der Waals surface area contributed by atoms with Crippen molar-refractivity contribution in [2.75, 3.05) is 27.2 Å². The van der Waals surface area contributed by atoms with Crippen molar-refractivity contribution < 1.29 is 14.7 Å². The summed E-state index contributed by atoms with van der Waals surface area (Å²) >= 11 is 0. The number of unbranched alkanes of at least 4 members (excludes halogenated alkanes) is 24. The summed E-state index contributed by atoms with van der Waals surface area (Å²) in [6.45, 7) is 6.05. The fourth-order valence-electron chi connectivity index (χ4n) is 6.65. The van der Waals surface area contributed by atoms with Crippen molar-refractivity contribution in [2.24, 2.45) is 0 Å². The number of hydrogen-bond donors (Lipinski definition) is 2. The molecule has 2 unspecified atom stereocenters. The van der Waals surface area contributed by atoms with Gasteiger partial charge in [0.05, 0.1) is 14.1 Å². The van der Waals surface area contributed by atoms with Crippen LogP contribution in [0.15, 0.2) is 24.3 Å². The molecule has 0 aliphatic heterocycles. The SMILES string of the molecule is CCCCCCCC/C=C\CCCCCCCCC(O)C[N+](C)(C)CC(O)CCCCCCCC/C=C\CCCCCCCC. The van der Waals surface area contributed by atoms with Crippen molar-refractivity contribution in [1.29, 1.82) is 0 Å². The standard InChI is InChI=1S/C42H84NO2/c1-5-7-9-11-13-15-17-19-21-23-25-27-29-31-33-35-37-41(44)39-43(3,4)40-42(45)38-36-34-32-30-28-26-24-22-20-18-16-14-12-10-8-6-2/h19-22,41-42,44-45H,5-18,23-40H2,1-4H3/q+1/b21-19-,22-20-. The summed E-state index contributed by atoms with van der Waals surface area (Å²) in [6, 6.07) is 0. The van der Waals surface area contributed by atoms with E-state index < -0.39 is 0 Å². The zero-order valence-electron chi connectivity index (χ0n) is 31.4. The Bertz CT molecular complexity index is 576. The van der Waals surface area contributed by atoms with E-state index in [0.29, 0.717) is 4.48 Å². The number of allylic oxidation sites excluding steroid dienone is 4. The van der Waals surface area contributed by atoms with Gasteiger partial charge >= 0.3 is 0 Å². The van der Waals surface area contributed by atoms with E-state index in [1.807, 2.05) is 0 Å². The number of rotatable bonds is 36. The van der Waals surface area contributed by atoms with Crippen LogP contribution in [0.1, 0.15) is 206 Å². The lowest BCUT2D eigenvalue weighted by molar-refractivity contribution is -0.896. The van der Waals surface area contributed by atoms with Gasteiger partial charge < -0.3 is 14.7 Å². The van der Waals surface area contributed by atoms with Crippen molar-refractivity contribution in [3.8, 4) is 0 Å². The number of likely N-dealkylation sites (N-methyl/N-ethyl adjacent to an activating group) is 1. The van der Waals surface area contributed by atoms with Crippen LogP contribution < -0.4 is 0 Å². The maximum Gasteiger partial charge on any atom is 0.105 e. The molecule has 0 radical (unpaired) electrons. The van der Waals surface area contributed by atoms with Gasteiger partial charge in [0.1, 0.15) is 25.3 Å². The van der Waals surface area contributed by atoms with Crippen LogP contribution in [-0.2, 0) is 0 Å². The van der Waals surface area contributed by atoms with Crippen LogP contribution in [0.25, 0.3) is 0 Å². The third-order valence-corrected chi connectivity index (χ3v) is 9.51. The normalized spacial score (nSPS) is 13.8. The Balaban J connectivity index is 3.57. The van der Waals surface area contributed by atoms with Crippen LogP contribution in [-0.4, -0.2) is 54.1 Å². The van der Waals surface area contributed by atoms with E-state index in [9.17, 15) is 10.2 Å². The second kappa shape index (κ2) is 34.7. The molecule has 3 nitrogen and oxygen atoms in total. The van der Waals surface area contributed by atoms with E-state index in [0.717, 1.165) is 38.8 Å². The number of hydrogen-bond acceptors (Lipinski definition) is 2. The molecular weight excluding hydrogens is 550 g/mol. The molecule has 0 bridgehead atoms. The Hall–Kier alpha value is -0.640. The first-order valence-corrected chi connectivity index (χ1v) is 20.4. The van der Waals surface area contributed by atoms with Crippen LogP contribution in [0.2, 0.25) is 0 Å². The summed E-state index contributed by atoms with van der Waals surface area (Å²) in [5.74, 6) is 0. The summed E-state index contributed by atoms with van der Waals surface area (Å²) in [6.07, 6.45) is 47.8. The Kier molecular flexibility index (Phi) is 34.2. The third-order valence-electron chi connectivity index (χ3n) is 9.51. The molecule has 0 aromatic carbocycles. The number of aliphatic hydroxyl groups is 2. The highest BCUT2D eigenvalue weighted by Crippen LogP contribution is 2.15. The predicted octanol–water partition coefficient (Wildman–Crippen LogP) is 12.6. The van der Waals surface area contributed by atoms with Gasteiger partial charge in [-0.05, 0) is 64.2 Å². The molecule has 0 spiro atoms. The zero-order valence-corrected chi connectivity index (χ0v) is 31.4. The Labute approximate surface area is 284 Å². The zero-order chi connectivity index (χ0) is 33.1. The van der Waals surface area contributed by atoms with E-state index in [2.05, 4.69) is 52.2 Å². The number of quaternary nitrogens is 1. The lowest BCUT2D eigenvalue weighted by Crippen LogP contribution is -2.49. The fourth-order valence-corrected chi connectivity index (χ4v) is 6.65. The molecule has 45 heavy (non-hydrogen) atoms. The minimum atomic E-state index is -0.255. The Morgan fingerprint density at radius 2 is 0.622 bits per heavy atom. The van der Waals surface area contributed by atoms with Crippen LogP contribution >= 0.6 is 0 Å². The highest BCUT2D eigenvalue weighted by Gasteiger charge is 2.23. The molecule has 0 aromatic rings. The fraction of sp³-hybridized carbons (Fsp3) is 0.905. The number of nitrogens with zero attached hydrogens (tertiary/aromatic N) is 1. The molecule has 268 valence electrons. The molecule has 0 heterocycles. The molecular formula is C42H84NO2+.